The molecule has 1 amide bonds. The van der Waals surface area contributed by atoms with Crippen molar-refractivity contribution in [3.05, 3.63) is 104 Å². The third kappa shape index (κ3) is 4.68. The third-order valence-electron chi connectivity index (χ3n) is 5.33. The lowest BCUT2D eigenvalue weighted by Crippen LogP contribution is -2.42. The number of amides is 1. The van der Waals surface area contributed by atoms with Crippen LogP contribution in [0.3, 0.4) is 0 Å². The normalized spacial score (nSPS) is 10.9. The van der Waals surface area contributed by atoms with Gasteiger partial charge in [0.25, 0.3) is 5.56 Å². The minimum atomic E-state index is -0.554. The number of hydrogen-bond donors (Lipinski definition) is 1. The van der Waals surface area contributed by atoms with Gasteiger partial charge in [-0.1, -0.05) is 53.6 Å². The summed E-state index contributed by atoms with van der Waals surface area (Å²) in [7, 11) is 1.50. The van der Waals surface area contributed by atoms with Crippen molar-refractivity contribution < 1.29 is 9.53 Å². The van der Waals surface area contributed by atoms with E-state index in [2.05, 4.69) is 5.32 Å². The van der Waals surface area contributed by atoms with Gasteiger partial charge >= 0.3 is 5.69 Å². The Balaban J connectivity index is 1.71. The number of halogens is 1. The number of methoxy groups -OCH3 is 1. The zero-order valence-corrected chi connectivity index (χ0v) is 18.9. The first-order chi connectivity index (χ1) is 15.9. The summed E-state index contributed by atoms with van der Waals surface area (Å²) < 4.78 is 7.59. The van der Waals surface area contributed by atoms with Crippen molar-refractivity contribution in [2.45, 2.75) is 20.0 Å². The molecule has 0 aliphatic carbocycles. The second-order valence-electron chi connectivity index (χ2n) is 7.66. The molecule has 7 nitrogen and oxygen atoms in total. The Hall–Kier alpha value is -3.84. The zero-order chi connectivity index (χ0) is 23.5. The van der Waals surface area contributed by atoms with Gasteiger partial charge in [-0.3, -0.25) is 18.7 Å². The predicted molar refractivity (Wildman–Crippen MR) is 129 cm³/mol. The number of para-hydroxylation sites is 1. The maximum Gasteiger partial charge on any atom is 0.332 e. The molecule has 4 rings (SSSR count). The van der Waals surface area contributed by atoms with E-state index in [9.17, 15) is 14.4 Å². The highest BCUT2D eigenvalue weighted by molar-refractivity contribution is 6.32. The van der Waals surface area contributed by atoms with Crippen molar-refractivity contribution in [2.24, 2.45) is 0 Å². The number of rotatable bonds is 6. The SMILES string of the molecule is COc1ccc(NC(=O)Cn2c(=O)n(Cc3ccc(C)cc3)c(=O)c3ccccc32)cc1Cl. The van der Waals surface area contributed by atoms with Gasteiger partial charge in [-0.25, -0.2) is 4.79 Å². The van der Waals surface area contributed by atoms with Gasteiger partial charge in [-0.15, -0.1) is 0 Å². The van der Waals surface area contributed by atoms with E-state index in [1.807, 2.05) is 31.2 Å². The summed E-state index contributed by atoms with van der Waals surface area (Å²) in [6, 6.07) is 19.2. The molecular formula is C25H22ClN3O4. The third-order valence-corrected chi connectivity index (χ3v) is 5.63. The Morgan fingerprint density at radius 2 is 1.73 bits per heavy atom. The molecule has 0 spiro atoms. The number of fused-ring (bicyclic) bond motifs is 1. The lowest BCUT2D eigenvalue weighted by atomic mass is 10.1. The summed E-state index contributed by atoms with van der Waals surface area (Å²) >= 11 is 6.13. The molecule has 0 saturated heterocycles. The molecule has 4 aromatic rings. The van der Waals surface area contributed by atoms with Gasteiger partial charge in [0.15, 0.2) is 0 Å². The minimum absolute atomic E-state index is 0.110. The number of ether oxygens (including phenoxy) is 1. The molecule has 168 valence electrons. The van der Waals surface area contributed by atoms with Gasteiger partial charge in [0.05, 0.1) is 29.6 Å². The van der Waals surface area contributed by atoms with Crippen molar-refractivity contribution in [3.63, 3.8) is 0 Å². The summed E-state index contributed by atoms with van der Waals surface area (Å²) in [5.41, 5.74) is 1.82. The maximum absolute atomic E-state index is 13.3. The van der Waals surface area contributed by atoms with Crippen molar-refractivity contribution in [1.82, 2.24) is 9.13 Å². The van der Waals surface area contributed by atoms with Gasteiger partial charge in [0.1, 0.15) is 12.3 Å². The molecule has 0 unspecified atom stereocenters. The van der Waals surface area contributed by atoms with Crippen LogP contribution in [0, 0.1) is 6.92 Å². The van der Waals surface area contributed by atoms with E-state index in [0.717, 1.165) is 15.7 Å². The number of nitrogens with zero attached hydrogens (tertiary/aromatic N) is 2. The lowest BCUT2D eigenvalue weighted by Gasteiger charge is -2.14. The number of benzene rings is 3. The Kier molecular flexibility index (Phi) is 6.33. The highest BCUT2D eigenvalue weighted by Crippen LogP contribution is 2.27. The van der Waals surface area contributed by atoms with Crippen LogP contribution in [-0.2, 0) is 17.9 Å². The van der Waals surface area contributed by atoms with Crippen LogP contribution in [0.2, 0.25) is 5.02 Å². The molecule has 0 atom stereocenters. The van der Waals surface area contributed by atoms with Crippen LogP contribution in [0.4, 0.5) is 5.69 Å². The van der Waals surface area contributed by atoms with Crippen LogP contribution in [-0.4, -0.2) is 22.2 Å². The van der Waals surface area contributed by atoms with E-state index in [4.69, 9.17) is 16.3 Å². The largest absolute Gasteiger partial charge is 0.495 e. The van der Waals surface area contributed by atoms with Gasteiger partial charge in [-0.2, -0.15) is 0 Å². The summed E-state index contributed by atoms with van der Waals surface area (Å²) in [5.74, 6) is 0.0593. The quantitative estimate of drug-likeness (QED) is 0.471. The molecule has 0 aliphatic heterocycles. The standard InChI is InChI=1S/C25H22ClN3O4/c1-16-7-9-17(10-8-16)14-29-24(31)19-5-3-4-6-21(19)28(25(29)32)15-23(30)27-18-11-12-22(33-2)20(26)13-18/h3-13H,14-15H2,1-2H3,(H,27,30). The Bertz CT molecular complexity index is 1460. The average molecular weight is 464 g/mol. The highest BCUT2D eigenvalue weighted by Gasteiger charge is 2.16. The molecule has 0 radical (unpaired) electrons. The molecule has 0 saturated carbocycles. The number of nitrogens with one attached hydrogen (secondary N) is 1. The second kappa shape index (κ2) is 9.34. The number of hydrogen-bond acceptors (Lipinski definition) is 4. The van der Waals surface area contributed by atoms with E-state index >= 15 is 0 Å². The van der Waals surface area contributed by atoms with Crippen molar-refractivity contribution in [3.8, 4) is 5.75 Å². The van der Waals surface area contributed by atoms with Crippen molar-refractivity contribution >= 4 is 34.1 Å². The summed E-state index contributed by atoms with van der Waals surface area (Å²) in [6.45, 7) is 1.81. The zero-order valence-electron chi connectivity index (χ0n) is 18.2. The van der Waals surface area contributed by atoms with E-state index in [1.54, 1.807) is 42.5 Å². The molecule has 0 aliphatic rings. The van der Waals surface area contributed by atoms with Crippen molar-refractivity contribution in [2.75, 3.05) is 12.4 Å². The van der Waals surface area contributed by atoms with E-state index in [0.29, 0.717) is 27.4 Å². The molecule has 0 bridgehead atoms. The van der Waals surface area contributed by atoms with Crippen LogP contribution < -0.4 is 21.3 Å². The Labute approximate surface area is 194 Å². The summed E-state index contributed by atoms with van der Waals surface area (Å²) in [5, 5.41) is 3.46. The number of carbonyl (C=O) groups is 1. The fourth-order valence-electron chi connectivity index (χ4n) is 3.63. The fourth-order valence-corrected chi connectivity index (χ4v) is 3.89. The molecule has 1 heterocycles. The first kappa shape index (κ1) is 22.4. The van der Waals surface area contributed by atoms with Crippen LogP contribution in [0.5, 0.6) is 5.75 Å². The second-order valence-corrected chi connectivity index (χ2v) is 8.07. The maximum atomic E-state index is 13.3. The van der Waals surface area contributed by atoms with E-state index in [-0.39, 0.29) is 13.1 Å². The molecule has 1 N–H and O–H groups in total. The number of aryl methyl sites for hydroxylation is 1. The molecule has 8 heteroatoms. The first-order valence-electron chi connectivity index (χ1n) is 10.3. The summed E-state index contributed by atoms with van der Waals surface area (Å²) in [4.78, 5) is 39.2. The predicted octanol–water partition coefficient (Wildman–Crippen LogP) is 3.82. The number of aromatic nitrogens is 2. The Morgan fingerprint density at radius 1 is 1.00 bits per heavy atom. The molecular weight excluding hydrogens is 442 g/mol. The smallest absolute Gasteiger partial charge is 0.332 e. The minimum Gasteiger partial charge on any atom is -0.495 e. The van der Waals surface area contributed by atoms with Crippen LogP contribution in [0.1, 0.15) is 11.1 Å². The van der Waals surface area contributed by atoms with Gasteiger partial charge in [0, 0.05) is 5.69 Å². The van der Waals surface area contributed by atoms with Gasteiger partial charge < -0.3 is 10.1 Å². The number of carbonyl (C=O) groups excluding carboxylic acids is 1. The van der Waals surface area contributed by atoms with Crippen LogP contribution >= 0.6 is 11.6 Å². The molecule has 3 aromatic carbocycles. The van der Waals surface area contributed by atoms with Gasteiger partial charge in [0.2, 0.25) is 5.91 Å². The first-order valence-corrected chi connectivity index (χ1v) is 10.7. The summed E-state index contributed by atoms with van der Waals surface area (Å²) in [6.07, 6.45) is 0. The number of anilines is 1. The van der Waals surface area contributed by atoms with E-state index in [1.165, 1.54) is 11.7 Å². The van der Waals surface area contributed by atoms with Crippen molar-refractivity contribution in [1.29, 1.82) is 0 Å². The monoisotopic (exact) mass is 463 g/mol. The van der Waals surface area contributed by atoms with Gasteiger partial charge in [-0.05, 0) is 42.8 Å². The fraction of sp³-hybridized carbons (Fsp3) is 0.160. The topological polar surface area (TPSA) is 82.3 Å². The highest BCUT2D eigenvalue weighted by atomic mass is 35.5. The van der Waals surface area contributed by atoms with E-state index < -0.39 is 17.2 Å². The van der Waals surface area contributed by atoms with Crippen LogP contribution in [0.15, 0.2) is 76.3 Å². The Morgan fingerprint density at radius 3 is 2.42 bits per heavy atom. The molecule has 1 aromatic heterocycles. The molecule has 0 fully saturated rings. The van der Waals surface area contributed by atoms with Crippen LogP contribution in [0.25, 0.3) is 10.9 Å². The average Bonchev–Trinajstić information content (AvgIpc) is 2.81. The molecule has 33 heavy (non-hydrogen) atoms. The lowest BCUT2D eigenvalue weighted by molar-refractivity contribution is -0.116.